The zero-order chi connectivity index (χ0) is 15.3. The lowest BCUT2D eigenvalue weighted by atomic mass is 10.0. The predicted octanol–water partition coefficient (Wildman–Crippen LogP) is 2.44. The molecule has 0 aromatic carbocycles. The predicted molar refractivity (Wildman–Crippen MR) is 71.7 cm³/mol. The second-order valence-electron chi connectivity index (χ2n) is 4.78. The number of carbonyl (C=O) groups is 1. The Morgan fingerprint density at radius 3 is 2.86 bits per heavy atom. The highest BCUT2D eigenvalue weighted by Gasteiger charge is 2.39. The van der Waals surface area contributed by atoms with Gasteiger partial charge in [-0.1, -0.05) is 0 Å². The van der Waals surface area contributed by atoms with Crippen LogP contribution >= 0.6 is 0 Å². The summed E-state index contributed by atoms with van der Waals surface area (Å²) in [4.78, 5) is 11.8. The molecule has 1 N–H and O–H groups in total. The lowest BCUT2D eigenvalue weighted by molar-refractivity contribution is -0.116. The molecular formula is C13H15F2N5O. The molecule has 0 unspecified atom stereocenters. The highest BCUT2D eigenvalue weighted by molar-refractivity contribution is 5.90. The van der Waals surface area contributed by atoms with E-state index >= 15 is 0 Å². The second-order valence-corrected chi connectivity index (χ2v) is 4.78. The largest absolute Gasteiger partial charge is 0.323 e. The number of aromatic nitrogens is 2. The van der Waals surface area contributed by atoms with Gasteiger partial charge in [-0.25, -0.2) is 8.78 Å². The number of anilines is 1. The molecule has 6 nitrogen and oxygen atoms in total. The van der Waals surface area contributed by atoms with Gasteiger partial charge in [0.1, 0.15) is 6.54 Å². The van der Waals surface area contributed by atoms with E-state index in [4.69, 9.17) is 6.42 Å². The van der Waals surface area contributed by atoms with Gasteiger partial charge in [0.2, 0.25) is 5.91 Å². The van der Waals surface area contributed by atoms with Crippen molar-refractivity contribution >= 4 is 11.6 Å². The minimum Gasteiger partial charge on any atom is -0.323 e. The molecule has 8 heteroatoms. The summed E-state index contributed by atoms with van der Waals surface area (Å²) in [7, 11) is 0. The Morgan fingerprint density at radius 2 is 2.24 bits per heavy atom. The Kier molecular flexibility index (Phi) is 4.62. The molecule has 0 saturated heterocycles. The van der Waals surface area contributed by atoms with Gasteiger partial charge in [0.05, 0.1) is 11.9 Å². The van der Waals surface area contributed by atoms with Gasteiger partial charge in [-0.15, -0.1) is 12.3 Å². The Balaban J connectivity index is 1.75. The maximum absolute atomic E-state index is 12.2. The third-order valence-electron chi connectivity index (χ3n) is 3.05. The van der Waals surface area contributed by atoms with Crippen molar-refractivity contribution in [2.45, 2.75) is 44.3 Å². The Bertz CT molecular complexity index is 569. The van der Waals surface area contributed by atoms with E-state index in [9.17, 15) is 13.6 Å². The maximum Gasteiger partial charge on any atom is 0.257 e. The maximum atomic E-state index is 12.2. The van der Waals surface area contributed by atoms with Gasteiger partial charge in [0, 0.05) is 31.9 Å². The van der Waals surface area contributed by atoms with Crippen LogP contribution in [0.25, 0.3) is 0 Å². The summed E-state index contributed by atoms with van der Waals surface area (Å²) in [5.41, 5.74) is -0.105. The van der Waals surface area contributed by atoms with Gasteiger partial charge in [0.25, 0.3) is 6.43 Å². The number of halogens is 2. The van der Waals surface area contributed by atoms with Crippen molar-refractivity contribution in [3.05, 3.63) is 12.4 Å². The van der Waals surface area contributed by atoms with Crippen LogP contribution in [0.3, 0.4) is 0 Å². The highest BCUT2D eigenvalue weighted by Crippen LogP contribution is 2.37. The molecule has 0 saturated carbocycles. The van der Waals surface area contributed by atoms with E-state index < -0.39 is 18.6 Å². The molecule has 2 heterocycles. The first-order valence-corrected chi connectivity index (χ1v) is 6.51. The molecule has 0 atom stereocenters. The molecule has 0 bridgehead atoms. The first-order valence-electron chi connectivity index (χ1n) is 6.51. The number of carbonyl (C=O) groups excluding carboxylic acids is 1. The van der Waals surface area contributed by atoms with Crippen LogP contribution in [0.1, 0.15) is 25.7 Å². The summed E-state index contributed by atoms with van der Waals surface area (Å²) in [5.74, 6) is 2.28. The second kappa shape index (κ2) is 6.43. The van der Waals surface area contributed by atoms with E-state index in [2.05, 4.69) is 26.6 Å². The zero-order valence-electron chi connectivity index (χ0n) is 11.3. The first kappa shape index (κ1) is 15.1. The number of hydrogen-bond donors (Lipinski definition) is 1. The molecule has 21 heavy (non-hydrogen) atoms. The van der Waals surface area contributed by atoms with Crippen LogP contribution in [-0.4, -0.2) is 27.8 Å². The van der Waals surface area contributed by atoms with Crippen molar-refractivity contribution in [1.82, 2.24) is 9.78 Å². The van der Waals surface area contributed by atoms with Gasteiger partial charge in [-0.3, -0.25) is 9.48 Å². The molecule has 0 aliphatic carbocycles. The van der Waals surface area contributed by atoms with Crippen molar-refractivity contribution < 1.29 is 13.6 Å². The molecule has 1 aliphatic rings. The smallest absolute Gasteiger partial charge is 0.257 e. The summed E-state index contributed by atoms with van der Waals surface area (Å²) < 4.78 is 25.4. The number of hydrogen-bond acceptors (Lipinski definition) is 4. The van der Waals surface area contributed by atoms with Crippen LogP contribution in [0.5, 0.6) is 0 Å². The minimum absolute atomic E-state index is 0.232. The van der Waals surface area contributed by atoms with E-state index in [1.165, 1.54) is 12.4 Å². The van der Waals surface area contributed by atoms with E-state index in [0.29, 0.717) is 24.9 Å². The summed E-state index contributed by atoms with van der Waals surface area (Å²) in [6, 6.07) is 0. The standard InChI is InChI=1S/C13H15F2N5O/c1-2-3-5-13(18-19-13)6-4-12(21)17-10-7-16-20(8-10)9-11(14)15/h1,7-8,11H,3-6,9H2,(H,17,21). The van der Waals surface area contributed by atoms with Crippen LogP contribution in [-0.2, 0) is 11.3 Å². The van der Waals surface area contributed by atoms with E-state index in [-0.39, 0.29) is 12.3 Å². The fourth-order valence-electron chi connectivity index (χ4n) is 1.87. The number of nitrogens with zero attached hydrogens (tertiary/aromatic N) is 4. The molecular weight excluding hydrogens is 280 g/mol. The Hall–Kier alpha value is -2.30. The van der Waals surface area contributed by atoms with Crippen LogP contribution in [0.15, 0.2) is 22.6 Å². The molecule has 112 valence electrons. The van der Waals surface area contributed by atoms with Crippen LogP contribution < -0.4 is 5.32 Å². The summed E-state index contributed by atoms with van der Waals surface area (Å²) >= 11 is 0. The van der Waals surface area contributed by atoms with Crippen molar-refractivity contribution in [3.8, 4) is 12.3 Å². The Morgan fingerprint density at radius 1 is 1.48 bits per heavy atom. The highest BCUT2D eigenvalue weighted by atomic mass is 19.3. The monoisotopic (exact) mass is 295 g/mol. The third-order valence-corrected chi connectivity index (χ3v) is 3.05. The van der Waals surface area contributed by atoms with E-state index in [1.54, 1.807) is 0 Å². The summed E-state index contributed by atoms with van der Waals surface area (Å²) in [6.45, 7) is -0.497. The first-order chi connectivity index (χ1) is 10.0. The van der Waals surface area contributed by atoms with E-state index in [1.807, 2.05) is 0 Å². The van der Waals surface area contributed by atoms with Crippen molar-refractivity contribution in [3.63, 3.8) is 0 Å². The SMILES string of the molecule is C#CCCC1(CCC(=O)Nc2cnn(CC(F)F)c2)N=N1. The van der Waals surface area contributed by atoms with Crippen molar-refractivity contribution in [1.29, 1.82) is 0 Å². The zero-order valence-corrected chi connectivity index (χ0v) is 11.3. The molecule has 1 aliphatic heterocycles. The van der Waals surface area contributed by atoms with Gasteiger partial charge >= 0.3 is 0 Å². The fourth-order valence-corrected chi connectivity index (χ4v) is 1.87. The topological polar surface area (TPSA) is 71.6 Å². The van der Waals surface area contributed by atoms with Crippen LogP contribution in [0.2, 0.25) is 0 Å². The Labute approximate surface area is 120 Å². The molecule has 0 fully saturated rings. The van der Waals surface area contributed by atoms with Crippen LogP contribution in [0, 0.1) is 12.3 Å². The molecule has 1 aromatic heterocycles. The quantitative estimate of drug-likeness (QED) is 0.748. The average molecular weight is 295 g/mol. The minimum atomic E-state index is -2.48. The normalized spacial score (nSPS) is 15.0. The van der Waals surface area contributed by atoms with Crippen molar-refractivity contribution in [2.24, 2.45) is 10.2 Å². The van der Waals surface area contributed by atoms with Gasteiger partial charge < -0.3 is 5.32 Å². The average Bonchev–Trinajstić information content (AvgIpc) is 3.08. The fraction of sp³-hybridized carbons (Fsp3) is 0.538. The molecule has 0 spiro atoms. The lowest BCUT2D eigenvalue weighted by Gasteiger charge is -2.08. The number of nitrogens with one attached hydrogen (secondary N) is 1. The van der Waals surface area contributed by atoms with Gasteiger partial charge in [-0.05, 0) is 0 Å². The third kappa shape index (κ3) is 4.63. The lowest BCUT2D eigenvalue weighted by Crippen LogP contribution is -2.17. The molecule has 0 radical (unpaired) electrons. The van der Waals surface area contributed by atoms with Crippen LogP contribution in [0.4, 0.5) is 14.5 Å². The molecule has 2 rings (SSSR count). The summed E-state index contributed by atoms with van der Waals surface area (Å²) in [5, 5.41) is 14.2. The number of alkyl halides is 2. The molecule has 1 amide bonds. The number of terminal acetylenes is 1. The van der Waals surface area contributed by atoms with Gasteiger partial charge in [0.15, 0.2) is 5.66 Å². The molecule has 1 aromatic rings. The number of rotatable bonds is 8. The van der Waals surface area contributed by atoms with E-state index in [0.717, 1.165) is 4.68 Å². The number of amides is 1. The summed E-state index contributed by atoms with van der Waals surface area (Å²) in [6.07, 6.45) is 7.33. The van der Waals surface area contributed by atoms with Gasteiger partial charge in [-0.2, -0.15) is 15.3 Å². The van der Waals surface area contributed by atoms with Crippen molar-refractivity contribution in [2.75, 3.05) is 5.32 Å².